The second-order valence-corrected chi connectivity index (χ2v) is 4.01. The van der Waals surface area contributed by atoms with Crippen molar-refractivity contribution in [1.82, 2.24) is 29.7 Å². The summed E-state index contributed by atoms with van der Waals surface area (Å²) in [6, 6.07) is 0. The molecule has 10 nitrogen and oxygen atoms in total. The molecule has 0 fully saturated rings. The van der Waals surface area contributed by atoms with Gasteiger partial charge in [-0.3, -0.25) is 5.43 Å². The van der Waals surface area contributed by atoms with Gasteiger partial charge in [0.25, 0.3) is 5.95 Å². The molecule has 0 spiro atoms. The summed E-state index contributed by atoms with van der Waals surface area (Å²) in [6.45, 7) is 1.42. The first-order valence-electron chi connectivity index (χ1n) is 6.02. The van der Waals surface area contributed by atoms with Crippen LogP contribution in [0.4, 0.5) is 11.9 Å². The van der Waals surface area contributed by atoms with E-state index in [1.54, 1.807) is 7.11 Å². The van der Waals surface area contributed by atoms with E-state index in [-0.39, 0.29) is 5.95 Å². The van der Waals surface area contributed by atoms with E-state index >= 15 is 0 Å². The van der Waals surface area contributed by atoms with E-state index in [0.717, 1.165) is 13.0 Å². The molecular weight excluding hydrogens is 262 g/mol. The number of anilines is 2. The van der Waals surface area contributed by atoms with E-state index in [4.69, 9.17) is 10.6 Å². The Morgan fingerprint density at radius 2 is 2.25 bits per heavy atom. The minimum atomic E-state index is 0.263. The summed E-state index contributed by atoms with van der Waals surface area (Å²) in [5, 5.41) is 3.98. The molecule has 0 atom stereocenters. The second kappa shape index (κ2) is 6.73. The van der Waals surface area contributed by atoms with Crippen LogP contribution in [-0.2, 0) is 4.74 Å². The molecular formula is C10H17N9O. The van der Waals surface area contributed by atoms with Gasteiger partial charge in [0.2, 0.25) is 11.9 Å². The monoisotopic (exact) mass is 279 g/mol. The van der Waals surface area contributed by atoms with Crippen LogP contribution in [0.25, 0.3) is 5.95 Å². The molecule has 0 saturated carbocycles. The van der Waals surface area contributed by atoms with Crippen LogP contribution >= 0.6 is 0 Å². The van der Waals surface area contributed by atoms with Crippen molar-refractivity contribution in [3.8, 4) is 5.95 Å². The highest BCUT2D eigenvalue weighted by Crippen LogP contribution is 2.11. The Balaban J connectivity index is 2.22. The molecule has 20 heavy (non-hydrogen) atoms. The maximum Gasteiger partial charge on any atom is 0.258 e. The Labute approximate surface area is 116 Å². The molecule has 0 aromatic carbocycles. The van der Waals surface area contributed by atoms with E-state index in [0.29, 0.717) is 18.5 Å². The maximum absolute atomic E-state index is 5.38. The number of nitrogens with one attached hydrogen (secondary N) is 1. The van der Waals surface area contributed by atoms with Gasteiger partial charge in [0.1, 0.15) is 12.7 Å². The van der Waals surface area contributed by atoms with Crippen molar-refractivity contribution < 1.29 is 4.74 Å². The zero-order valence-corrected chi connectivity index (χ0v) is 11.4. The predicted molar refractivity (Wildman–Crippen MR) is 72.3 cm³/mol. The van der Waals surface area contributed by atoms with Crippen LogP contribution < -0.4 is 16.2 Å². The van der Waals surface area contributed by atoms with Crippen molar-refractivity contribution in [1.29, 1.82) is 0 Å². The third-order valence-electron chi connectivity index (χ3n) is 2.55. The van der Waals surface area contributed by atoms with Crippen LogP contribution in [0.3, 0.4) is 0 Å². The third-order valence-corrected chi connectivity index (χ3v) is 2.55. The summed E-state index contributed by atoms with van der Waals surface area (Å²) >= 11 is 0. The normalized spacial score (nSPS) is 10.6. The quantitative estimate of drug-likeness (QED) is 0.381. The van der Waals surface area contributed by atoms with Crippen LogP contribution in [0.2, 0.25) is 0 Å². The Hall–Kier alpha value is -2.33. The number of aromatic nitrogens is 6. The van der Waals surface area contributed by atoms with Gasteiger partial charge in [-0.05, 0) is 6.42 Å². The number of methoxy groups -OCH3 is 1. The predicted octanol–water partition coefficient (Wildman–Crippen LogP) is -0.789. The summed E-state index contributed by atoms with van der Waals surface area (Å²) in [7, 11) is 3.55. The molecule has 0 saturated heterocycles. The number of hydrazine groups is 1. The molecule has 0 unspecified atom stereocenters. The number of hydrogen-bond donors (Lipinski definition) is 2. The smallest absolute Gasteiger partial charge is 0.258 e. The molecule has 2 aromatic rings. The van der Waals surface area contributed by atoms with Gasteiger partial charge in [-0.25, -0.2) is 10.8 Å². The Morgan fingerprint density at radius 3 is 2.90 bits per heavy atom. The molecule has 0 amide bonds. The molecule has 108 valence electrons. The SMILES string of the molecule is COCCCN(C)c1nc(NN)nc(-n2cncn2)n1. The van der Waals surface area contributed by atoms with Gasteiger partial charge in [-0.15, -0.1) is 0 Å². The van der Waals surface area contributed by atoms with Crippen LogP contribution in [-0.4, -0.2) is 57.0 Å². The van der Waals surface area contributed by atoms with Gasteiger partial charge in [-0.2, -0.15) is 24.7 Å². The largest absolute Gasteiger partial charge is 0.385 e. The van der Waals surface area contributed by atoms with Crippen molar-refractivity contribution in [2.45, 2.75) is 6.42 Å². The molecule has 0 bridgehead atoms. The maximum atomic E-state index is 5.38. The summed E-state index contributed by atoms with van der Waals surface area (Å²) in [5.41, 5.74) is 2.42. The summed E-state index contributed by atoms with van der Waals surface area (Å²) < 4.78 is 6.46. The minimum Gasteiger partial charge on any atom is -0.385 e. The van der Waals surface area contributed by atoms with E-state index < -0.39 is 0 Å². The number of nitrogens with zero attached hydrogens (tertiary/aromatic N) is 7. The van der Waals surface area contributed by atoms with Crippen molar-refractivity contribution >= 4 is 11.9 Å². The molecule has 2 aromatic heterocycles. The van der Waals surface area contributed by atoms with Gasteiger partial charge in [0.05, 0.1) is 0 Å². The van der Waals surface area contributed by atoms with E-state index in [2.05, 4.69) is 30.5 Å². The standard InChI is InChI=1S/C10H17N9O/c1-18(4-3-5-20-2)9-14-8(17-11)15-10(16-9)19-7-12-6-13-19/h6-7H,3-5,11H2,1-2H3,(H,14,15,16,17). The molecule has 10 heteroatoms. The molecule has 0 aliphatic heterocycles. The van der Waals surface area contributed by atoms with Crippen molar-refractivity contribution in [3.63, 3.8) is 0 Å². The third kappa shape index (κ3) is 3.36. The fourth-order valence-electron chi connectivity index (χ4n) is 1.55. The lowest BCUT2D eigenvalue weighted by molar-refractivity contribution is 0.196. The Kier molecular flexibility index (Phi) is 4.74. The fourth-order valence-corrected chi connectivity index (χ4v) is 1.55. The lowest BCUT2D eigenvalue weighted by Gasteiger charge is -2.17. The van der Waals surface area contributed by atoms with Gasteiger partial charge in [-0.1, -0.05) is 0 Å². The van der Waals surface area contributed by atoms with Gasteiger partial charge >= 0.3 is 0 Å². The molecule has 2 heterocycles. The van der Waals surface area contributed by atoms with Crippen molar-refractivity contribution in [3.05, 3.63) is 12.7 Å². The average molecular weight is 279 g/mol. The van der Waals surface area contributed by atoms with Crippen molar-refractivity contribution in [2.24, 2.45) is 5.84 Å². The molecule has 0 aliphatic carbocycles. The summed E-state index contributed by atoms with van der Waals surface area (Å²) in [6.07, 6.45) is 3.77. The molecule has 0 aliphatic rings. The van der Waals surface area contributed by atoms with Crippen LogP contribution in [0.15, 0.2) is 12.7 Å². The number of ether oxygens (including phenoxy) is 1. The zero-order chi connectivity index (χ0) is 14.4. The number of nitrogens with two attached hydrogens (primary N) is 1. The first kappa shape index (κ1) is 14.1. The second-order valence-electron chi connectivity index (χ2n) is 4.01. The molecule has 2 rings (SSSR count). The summed E-state index contributed by atoms with van der Waals surface area (Å²) in [5.74, 6) is 6.48. The van der Waals surface area contributed by atoms with Crippen LogP contribution in [0.1, 0.15) is 6.42 Å². The summed E-state index contributed by atoms with van der Waals surface area (Å²) in [4.78, 5) is 18.4. The fraction of sp³-hybridized carbons (Fsp3) is 0.500. The lowest BCUT2D eigenvalue weighted by Crippen LogP contribution is -2.24. The Bertz CT molecular complexity index is 530. The highest BCUT2D eigenvalue weighted by molar-refractivity contribution is 5.38. The first-order valence-corrected chi connectivity index (χ1v) is 6.02. The molecule has 0 radical (unpaired) electrons. The van der Waals surface area contributed by atoms with Gasteiger partial charge < -0.3 is 9.64 Å². The minimum absolute atomic E-state index is 0.263. The van der Waals surface area contributed by atoms with Crippen molar-refractivity contribution in [2.75, 3.05) is 37.6 Å². The van der Waals surface area contributed by atoms with Crippen LogP contribution in [0.5, 0.6) is 0 Å². The van der Waals surface area contributed by atoms with Gasteiger partial charge in [0.15, 0.2) is 0 Å². The number of rotatable bonds is 7. The van der Waals surface area contributed by atoms with E-state index in [1.807, 2.05) is 11.9 Å². The topological polar surface area (TPSA) is 120 Å². The van der Waals surface area contributed by atoms with Crippen LogP contribution in [0, 0.1) is 0 Å². The highest BCUT2D eigenvalue weighted by Gasteiger charge is 2.11. The van der Waals surface area contributed by atoms with Gasteiger partial charge in [0, 0.05) is 27.3 Å². The highest BCUT2D eigenvalue weighted by atomic mass is 16.5. The lowest BCUT2D eigenvalue weighted by atomic mass is 10.4. The average Bonchev–Trinajstić information content (AvgIpc) is 3.01. The number of nitrogen functional groups attached to an aromatic ring is 1. The molecule has 3 N–H and O–H groups in total. The van der Waals surface area contributed by atoms with E-state index in [9.17, 15) is 0 Å². The first-order chi connectivity index (χ1) is 9.74. The zero-order valence-electron chi connectivity index (χ0n) is 11.4. The Morgan fingerprint density at radius 1 is 1.40 bits per heavy atom. The number of hydrogen-bond acceptors (Lipinski definition) is 9. The van der Waals surface area contributed by atoms with E-state index in [1.165, 1.54) is 17.3 Å².